The maximum absolute atomic E-state index is 11.2. The Morgan fingerprint density at radius 3 is 2.70 bits per heavy atom. The van der Waals surface area contributed by atoms with Gasteiger partial charge in [0.1, 0.15) is 6.10 Å². The monoisotopic (exact) mass is 311 g/mol. The number of anilines is 1. The second-order valence-electron chi connectivity index (χ2n) is 4.34. The van der Waals surface area contributed by atoms with Gasteiger partial charge >= 0.3 is 5.97 Å². The van der Waals surface area contributed by atoms with Crippen molar-refractivity contribution in [2.24, 2.45) is 0 Å². The van der Waals surface area contributed by atoms with Crippen LogP contribution in [0.1, 0.15) is 33.8 Å². The highest BCUT2D eigenvalue weighted by Crippen LogP contribution is 2.39. The third-order valence-corrected chi connectivity index (χ3v) is 4.39. The second kappa shape index (κ2) is 5.73. The molecule has 1 unspecified atom stereocenters. The fourth-order valence-electron chi connectivity index (χ4n) is 1.84. The van der Waals surface area contributed by atoms with Gasteiger partial charge < -0.3 is 15.6 Å². The molecule has 0 aliphatic carbocycles. The summed E-state index contributed by atoms with van der Waals surface area (Å²) in [6.07, 6.45) is -0.366. The molecule has 0 aliphatic rings. The topological polar surface area (TPSA) is 72.6 Å². The van der Waals surface area contributed by atoms with Crippen molar-refractivity contribution < 1.29 is 14.6 Å². The summed E-state index contributed by atoms with van der Waals surface area (Å²) in [6, 6.07) is 7.30. The maximum atomic E-state index is 11.2. The molecule has 1 heterocycles. The molecule has 20 heavy (non-hydrogen) atoms. The van der Waals surface area contributed by atoms with Crippen LogP contribution in [0.3, 0.4) is 0 Å². The van der Waals surface area contributed by atoms with Crippen LogP contribution in [0.4, 0.5) is 5.00 Å². The zero-order valence-corrected chi connectivity index (χ0v) is 12.6. The van der Waals surface area contributed by atoms with E-state index < -0.39 is 5.97 Å². The molecule has 0 aliphatic heterocycles. The Labute approximate surface area is 125 Å². The Balaban J connectivity index is 2.35. The second-order valence-corrected chi connectivity index (χ2v) is 5.80. The first-order valence-electron chi connectivity index (χ1n) is 5.95. The molecular weight excluding hydrogens is 298 g/mol. The third kappa shape index (κ3) is 2.73. The number of ether oxygens (including phenoxy) is 1. The molecule has 0 radical (unpaired) electrons. The average molecular weight is 312 g/mol. The van der Waals surface area contributed by atoms with Crippen LogP contribution < -0.4 is 10.5 Å². The highest BCUT2D eigenvalue weighted by atomic mass is 35.5. The Kier molecular flexibility index (Phi) is 4.20. The summed E-state index contributed by atoms with van der Waals surface area (Å²) < 4.78 is 5.79. The minimum Gasteiger partial charge on any atom is -0.484 e. The van der Waals surface area contributed by atoms with Crippen LogP contribution in [-0.4, -0.2) is 11.1 Å². The molecule has 0 saturated heterocycles. The van der Waals surface area contributed by atoms with Crippen LogP contribution in [0.5, 0.6) is 5.75 Å². The molecule has 106 valence electrons. The van der Waals surface area contributed by atoms with Crippen LogP contribution in [-0.2, 0) is 0 Å². The Morgan fingerprint density at radius 2 is 2.10 bits per heavy atom. The van der Waals surface area contributed by atoms with Gasteiger partial charge in [0.05, 0.1) is 5.00 Å². The predicted octanol–water partition coefficient (Wildman–Crippen LogP) is 4.13. The van der Waals surface area contributed by atoms with Crippen molar-refractivity contribution >= 4 is 33.9 Å². The highest BCUT2D eigenvalue weighted by Gasteiger charge is 2.23. The van der Waals surface area contributed by atoms with Gasteiger partial charge in [-0.15, -0.1) is 11.3 Å². The van der Waals surface area contributed by atoms with Crippen LogP contribution in [0.15, 0.2) is 24.3 Å². The van der Waals surface area contributed by atoms with E-state index in [1.165, 1.54) is 0 Å². The summed E-state index contributed by atoms with van der Waals surface area (Å²) in [6.45, 7) is 3.56. The lowest BCUT2D eigenvalue weighted by Crippen LogP contribution is -2.07. The van der Waals surface area contributed by atoms with E-state index >= 15 is 0 Å². The summed E-state index contributed by atoms with van der Waals surface area (Å²) in [4.78, 5) is 11.3. The number of carboxylic acid groups (broad SMARTS) is 1. The summed E-state index contributed by atoms with van der Waals surface area (Å²) in [5, 5.41) is 10.2. The van der Waals surface area contributed by atoms with Crippen molar-refractivity contribution in [1.82, 2.24) is 0 Å². The van der Waals surface area contributed by atoms with Crippen LogP contribution in [0.25, 0.3) is 0 Å². The number of rotatable bonds is 4. The normalized spacial score (nSPS) is 12.2. The van der Waals surface area contributed by atoms with E-state index in [1.807, 2.05) is 25.1 Å². The maximum Gasteiger partial charge on any atom is 0.349 e. The van der Waals surface area contributed by atoms with Gasteiger partial charge in [-0.2, -0.15) is 0 Å². The molecule has 6 heteroatoms. The Bertz CT molecular complexity index is 654. The summed E-state index contributed by atoms with van der Waals surface area (Å²) in [7, 11) is 0. The Morgan fingerprint density at radius 1 is 1.45 bits per heavy atom. The van der Waals surface area contributed by atoms with E-state index in [2.05, 4.69) is 0 Å². The largest absolute Gasteiger partial charge is 0.484 e. The zero-order valence-electron chi connectivity index (χ0n) is 11.0. The van der Waals surface area contributed by atoms with Gasteiger partial charge in [0.2, 0.25) is 0 Å². The van der Waals surface area contributed by atoms with E-state index in [-0.39, 0.29) is 11.0 Å². The van der Waals surface area contributed by atoms with E-state index in [4.69, 9.17) is 22.1 Å². The lowest BCUT2D eigenvalue weighted by atomic mass is 10.1. The van der Waals surface area contributed by atoms with Gasteiger partial charge in [0.25, 0.3) is 0 Å². The summed E-state index contributed by atoms with van der Waals surface area (Å²) in [5.74, 6) is -0.733. The molecule has 1 atom stereocenters. The predicted molar refractivity (Wildman–Crippen MR) is 80.9 cm³/mol. The molecule has 0 bridgehead atoms. The lowest BCUT2D eigenvalue weighted by molar-refractivity contribution is 0.0695. The van der Waals surface area contributed by atoms with Gasteiger partial charge in [-0.05, 0) is 19.9 Å². The van der Waals surface area contributed by atoms with E-state index in [9.17, 15) is 9.90 Å². The zero-order chi connectivity index (χ0) is 14.9. The molecule has 0 amide bonds. The van der Waals surface area contributed by atoms with Crippen LogP contribution in [0.2, 0.25) is 5.02 Å². The van der Waals surface area contributed by atoms with Crippen molar-refractivity contribution in [3.05, 3.63) is 45.3 Å². The molecular formula is C14H14ClNO3S. The molecule has 1 aromatic heterocycles. The summed E-state index contributed by atoms with van der Waals surface area (Å²) in [5.41, 5.74) is 7.22. The van der Waals surface area contributed by atoms with Gasteiger partial charge in [-0.25, -0.2) is 4.79 Å². The molecule has 2 rings (SSSR count). The highest BCUT2D eigenvalue weighted by molar-refractivity contribution is 7.18. The number of aromatic carboxylic acids is 1. The van der Waals surface area contributed by atoms with E-state index in [0.29, 0.717) is 21.3 Å². The summed E-state index contributed by atoms with van der Waals surface area (Å²) >= 11 is 7.12. The van der Waals surface area contributed by atoms with Crippen LogP contribution in [0, 0.1) is 6.92 Å². The van der Waals surface area contributed by atoms with Gasteiger partial charge in [0.15, 0.2) is 10.6 Å². The number of thiophene rings is 1. The smallest absolute Gasteiger partial charge is 0.349 e. The number of hydrogen-bond acceptors (Lipinski definition) is 4. The first-order valence-corrected chi connectivity index (χ1v) is 7.14. The lowest BCUT2D eigenvalue weighted by Gasteiger charge is -2.17. The average Bonchev–Trinajstić information content (AvgIpc) is 2.67. The number of halogens is 1. The van der Waals surface area contributed by atoms with Crippen molar-refractivity contribution in [3.63, 3.8) is 0 Å². The van der Waals surface area contributed by atoms with Gasteiger partial charge in [-0.1, -0.05) is 29.8 Å². The first kappa shape index (κ1) is 14.7. The molecule has 2 aromatic rings. The van der Waals surface area contributed by atoms with Crippen molar-refractivity contribution in [3.8, 4) is 5.75 Å². The standard InChI is InChI=1S/C14H14ClNO3S/c1-7-11(12(14(17)18)20-13(7)16)19-8(2)9-5-3-4-6-10(9)15/h3-6,8H,16H2,1-2H3,(H,17,18). The van der Waals surface area contributed by atoms with Crippen molar-refractivity contribution in [2.45, 2.75) is 20.0 Å². The van der Waals surface area contributed by atoms with Crippen molar-refractivity contribution in [1.29, 1.82) is 0 Å². The molecule has 0 fully saturated rings. The number of hydrogen-bond donors (Lipinski definition) is 2. The Hall–Kier alpha value is -1.72. The quantitative estimate of drug-likeness (QED) is 0.890. The number of benzene rings is 1. The van der Waals surface area contributed by atoms with E-state index in [1.54, 1.807) is 13.0 Å². The molecule has 4 nitrogen and oxygen atoms in total. The molecule has 0 saturated carbocycles. The van der Waals surface area contributed by atoms with Gasteiger partial charge in [-0.3, -0.25) is 0 Å². The minimum absolute atomic E-state index is 0.110. The minimum atomic E-state index is -1.05. The number of nitrogen functional groups attached to an aromatic ring is 1. The van der Waals surface area contributed by atoms with Crippen molar-refractivity contribution in [2.75, 3.05) is 5.73 Å². The SMILES string of the molecule is Cc1c(N)sc(C(=O)O)c1OC(C)c1ccccc1Cl. The number of carbonyl (C=O) groups is 1. The number of carboxylic acids is 1. The third-order valence-electron chi connectivity index (χ3n) is 2.96. The fraction of sp³-hybridized carbons (Fsp3) is 0.214. The van der Waals surface area contributed by atoms with Crippen LogP contribution >= 0.6 is 22.9 Å². The first-order chi connectivity index (χ1) is 9.41. The molecule has 0 spiro atoms. The van der Waals surface area contributed by atoms with E-state index in [0.717, 1.165) is 16.9 Å². The fourth-order valence-corrected chi connectivity index (χ4v) is 2.98. The molecule has 1 aromatic carbocycles. The molecule has 3 N–H and O–H groups in total. The van der Waals surface area contributed by atoms with Gasteiger partial charge in [0, 0.05) is 16.1 Å². The number of nitrogens with two attached hydrogens (primary N) is 1.